The standard InChI is InChI=1S/C6H6N4O/c1-11-5-6(2-7,3-8)4-9-10-5/h5H,4H2,1H3. The van der Waals surface area contributed by atoms with Crippen molar-refractivity contribution in [3.05, 3.63) is 0 Å². The number of hydrogen-bond donors (Lipinski definition) is 0. The van der Waals surface area contributed by atoms with Crippen LogP contribution in [0.25, 0.3) is 0 Å². The van der Waals surface area contributed by atoms with E-state index in [9.17, 15) is 0 Å². The van der Waals surface area contributed by atoms with Crippen LogP contribution in [0.2, 0.25) is 0 Å². The third kappa shape index (κ3) is 0.957. The van der Waals surface area contributed by atoms with Crippen LogP contribution in [0.4, 0.5) is 0 Å². The van der Waals surface area contributed by atoms with Gasteiger partial charge in [-0.1, -0.05) is 0 Å². The highest BCUT2D eigenvalue weighted by atomic mass is 16.5. The molecule has 1 heterocycles. The molecule has 56 valence electrons. The number of nitriles is 2. The molecule has 0 aromatic carbocycles. The zero-order chi connectivity index (χ0) is 8.32. The minimum Gasteiger partial charge on any atom is -0.355 e. The second-order valence-electron chi connectivity index (χ2n) is 2.20. The average Bonchev–Trinajstić information content (AvgIpc) is 2.47. The molecule has 1 aliphatic heterocycles. The van der Waals surface area contributed by atoms with Crippen molar-refractivity contribution < 1.29 is 4.74 Å². The van der Waals surface area contributed by atoms with Gasteiger partial charge in [-0.25, -0.2) is 0 Å². The summed E-state index contributed by atoms with van der Waals surface area (Å²) < 4.78 is 4.80. The van der Waals surface area contributed by atoms with Gasteiger partial charge in [0.15, 0.2) is 0 Å². The average molecular weight is 150 g/mol. The Kier molecular flexibility index (Phi) is 1.84. The highest BCUT2D eigenvalue weighted by Gasteiger charge is 2.44. The first-order valence-electron chi connectivity index (χ1n) is 3.01. The lowest BCUT2D eigenvalue weighted by Crippen LogP contribution is -2.31. The summed E-state index contributed by atoms with van der Waals surface area (Å²) in [5.41, 5.74) is -1.20. The Balaban J connectivity index is 2.90. The van der Waals surface area contributed by atoms with Gasteiger partial charge in [0.25, 0.3) is 0 Å². The summed E-state index contributed by atoms with van der Waals surface area (Å²) in [5, 5.41) is 24.5. The van der Waals surface area contributed by atoms with E-state index in [1.54, 1.807) is 0 Å². The maximum atomic E-state index is 8.65. The molecule has 1 atom stereocenters. The zero-order valence-electron chi connectivity index (χ0n) is 5.98. The Morgan fingerprint density at radius 3 is 2.55 bits per heavy atom. The Labute approximate surface area is 63.9 Å². The van der Waals surface area contributed by atoms with Crippen LogP contribution in [0.15, 0.2) is 10.2 Å². The molecule has 1 aliphatic rings. The van der Waals surface area contributed by atoms with Crippen LogP contribution < -0.4 is 0 Å². The molecule has 0 saturated heterocycles. The molecule has 0 saturated carbocycles. The van der Waals surface area contributed by atoms with Crippen molar-refractivity contribution >= 4 is 0 Å². The van der Waals surface area contributed by atoms with Gasteiger partial charge in [0.05, 0.1) is 18.7 Å². The minimum atomic E-state index is -1.20. The van der Waals surface area contributed by atoms with Gasteiger partial charge >= 0.3 is 0 Å². The lowest BCUT2D eigenvalue weighted by molar-refractivity contribution is 0.0672. The number of rotatable bonds is 1. The van der Waals surface area contributed by atoms with Gasteiger partial charge < -0.3 is 4.74 Å². The molecule has 0 fully saturated rings. The molecule has 0 aromatic rings. The molecule has 0 N–H and O–H groups in total. The lowest BCUT2D eigenvalue weighted by atomic mass is 9.91. The minimum absolute atomic E-state index is 0.110. The Hall–Kier alpha value is -1.46. The van der Waals surface area contributed by atoms with Crippen LogP contribution in [-0.2, 0) is 4.74 Å². The maximum absolute atomic E-state index is 8.65. The van der Waals surface area contributed by atoms with E-state index in [0.717, 1.165) is 0 Å². The molecule has 0 radical (unpaired) electrons. The van der Waals surface area contributed by atoms with Crippen LogP contribution in [0.3, 0.4) is 0 Å². The van der Waals surface area contributed by atoms with E-state index in [1.807, 2.05) is 12.1 Å². The quantitative estimate of drug-likeness (QED) is 0.544. The van der Waals surface area contributed by atoms with Crippen molar-refractivity contribution in [3.63, 3.8) is 0 Å². The summed E-state index contributed by atoms with van der Waals surface area (Å²) in [4.78, 5) is 0. The van der Waals surface area contributed by atoms with Crippen LogP contribution in [0, 0.1) is 28.1 Å². The van der Waals surface area contributed by atoms with E-state index in [-0.39, 0.29) is 6.54 Å². The molecule has 0 aliphatic carbocycles. The van der Waals surface area contributed by atoms with Crippen molar-refractivity contribution in [2.75, 3.05) is 13.7 Å². The van der Waals surface area contributed by atoms with Crippen molar-refractivity contribution in [3.8, 4) is 12.1 Å². The van der Waals surface area contributed by atoms with E-state index in [1.165, 1.54) is 7.11 Å². The molecule has 0 aromatic heterocycles. The fourth-order valence-corrected chi connectivity index (χ4v) is 0.858. The molecule has 0 bridgehead atoms. The third-order valence-electron chi connectivity index (χ3n) is 1.55. The monoisotopic (exact) mass is 150 g/mol. The molecule has 11 heavy (non-hydrogen) atoms. The number of azo groups is 1. The Bertz CT molecular complexity index is 245. The molecule has 5 heteroatoms. The van der Waals surface area contributed by atoms with Gasteiger partial charge in [0, 0.05) is 7.11 Å². The second-order valence-corrected chi connectivity index (χ2v) is 2.20. The van der Waals surface area contributed by atoms with E-state index < -0.39 is 11.6 Å². The maximum Gasteiger partial charge on any atom is 0.212 e. The predicted molar refractivity (Wildman–Crippen MR) is 34.2 cm³/mol. The molecular weight excluding hydrogens is 144 g/mol. The summed E-state index contributed by atoms with van der Waals surface area (Å²) in [6, 6.07) is 3.71. The molecule has 1 rings (SSSR count). The van der Waals surface area contributed by atoms with E-state index >= 15 is 0 Å². The van der Waals surface area contributed by atoms with E-state index in [2.05, 4.69) is 10.2 Å². The number of hydrogen-bond acceptors (Lipinski definition) is 5. The van der Waals surface area contributed by atoms with Crippen molar-refractivity contribution in [1.82, 2.24) is 0 Å². The highest BCUT2D eigenvalue weighted by Crippen LogP contribution is 2.29. The van der Waals surface area contributed by atoms with Gasteiger partial charge in [-0.05, 0) is 0 Å². The summed E-state index contributed by atoms with van der Waals surface area (Å²) in [6.45, 7) is 0.110. The fourth-order valence-electron chi connectivity index (χ4n) is 0.858. The van der Waals surface area contributed by atoms with Crippen molar-refractivity contribution in [2.24, 2.45) is 15.6 Å². The lowest BCUT2D eigenvalue weighted by Gasteiger charge is -2.14. The Morgan fingerprint density at radius 1 is 1.55 bits per heavy atom. The second kappa shape index (κ2) is 2.65. The third-order valence-corrected chi connectivity index (χ3v) is 1.55. The van der Waals surface area contributed by atoms with Gasteiger partial charge in [0.2, 0.25) is 11.6 Å². The van der Waals surface area contributed by atoms with Crippen LogP contribution >= 0.6 is 0 Å². The predicted octanol–water partition coefficient (Wildman–Crippen LogP) is 0.458. The first-order valence-corrected chi connectivity index (χ1v) is 3.01. The number of ether oxygens (including phenoxy) is 1. The van der Waals surface area contributed by atoms with Crippen LogP contribution in [0.1, 0.15) is 0 Å². The molecule has 5 nitrogen and oxygen atoms in total. The van der Waals surface area contributed by atoms with Gasteiger partial charge in [-0.2, -0.15) is 20.8 Å². The van der Waals surface area contributed by atoms with Crippen LogP contribution in [-0.4, -0.2) is 19.9 Å². The van der Waals surface area contributed by atoms with Gasteiger partial charge in [0.1, 0.15) is 0 Å². The smallest absolute Gasteiger partial charge is 0.212 e. The fraction of sp³-hybridized carbons (Fsp3) is 0.667. The SMILES string of the molecule is COC1N=NCC1(C#N)C#N. The number of nitrogens with zero attached hydrogens (tertiary/aromatic N) is 4. The largest absolute Gasteiger partial charge is 0.355 e. The molecule has 0 amide bonds. The van der Waals surface area contributed by atoms with Gasteiger partial charge in [-0.15, -0.1) is 0 Å². The van der Waals surface area contributed by atoms with Gasteiger partial charge in [-0.3, -0.25) is 0 Å². The normalized spacial score (nSPS) is 25.9. The van der Waals surface area contributed by atoms with E-state index in [4.69, 9.17) is 15.3 Å². The van der Waals surface area contributed by atoms with Crippen molar-refractivity contribution in [1.29, 1.82) is 10.5 Å². The highest BCUT2D eigenvalue weighted by molar-refractivity contribution is 5.19. The van der Waals surface area contributed by atoms with E-state index in [0.29, 0.717) is 0 Å². The zero-order valence-corrected chi connectivity index (χ0v) is 5.98. The molecule has 0 spiro atoms. The first-order chi connectivity index (χ1) is 5.29. The van der Waals surface area contributed by atoms with Crippen molar-refractivity contribution in [2.45, 2.75) is 6.23 Å². The summed E-state index contributed by atoms with van der Waals surface area (Å²) in [7, 11) is 1.40. The molecule has 1 unspecified atom stereocenters. The summed E-state index contributed by atoms with van der Waals surface area (Å²) >= 11 is 0. The molecular formula is C6H6N4O. The topological polar surface area (TPSA) is 81.5 Å². The number of methoxy groups -OCH3 is 1. The van der Waals surface area contributed by atoms with Crippen LogP contribution in [0.5, 0.6) is 0 Å². The summed E-state index contributed by atoms with van der Waals surface area (Å²) in [5.74, 6) is 0. The first kappa shape index (κ1) is 7.64. The summed E-state index contributed by atoms with van der Waals surface area (Å²) in [6.07, 6.45) is -0.725. The Morgan fingerprint density at radius 2 is 2.18 bits per heavy atom.